The van der Waals surface area contributed by atoms with Gasteiger partial charge in [-0.1, -0.05) is 11.6 Å². The highest BCUT2D eigenvalue weighted by Crippen LogP contribution is 2.23. The fraction of sp³-hybridized carbons (Fsp3) is 0.556. The molecule has 0 spiro atoms. The number of rotatable bonds is 4. The van der Waals surface area contributed by atoms with E-state index in [0.29, 0.717) is 4.68 Å². The van der Waals surface area contributed by atoms with Gasteiger partial charge in [0.15, 0.2) is 5.82 Å². The Labute approximate surface area is 119 Å². The van der Waals surface area contributed by atoms with Gasteiger partial charge in [-0.15, -0.1) is 0 Å². The molecule has 1 heterocycles. The first kappa shape index (κ1) is 17.4. The first-order valence-corrected chi connectivity index (χ1v) is 5.75. The smallest absolute Gasteiger partial charge is 0.337 e. The summed E-state index contributed by atoms with van der Waals surface area (Å²) in [5.74, 6) is -0.384. The number of carbonyl (C=O) groups is 1. The number of hydrogen-bond donors (Lipinski definition) is 2. The van der Waals surface area contributed by atoms with Gasteiger partial charge in [0, 0.05) is 12.7 Å². The molecular formula is C9H9ClF6N4O. The fourth-order valence-electron chi connectivity index (χ4n) is 1.22. The van der Waals surface area contributed by atoms with Crippen molar-refractivity contribution >= 4 is 23.4 Å². The topological polar surface area (TPSA) is 59.0 Å². The van der Waals surface area contributed by atoms with Crippen LogP contribution in [0.15, 0.2) is 6.20 Å². The predicted molar refractivity (Wildman–Crippen MR) is 61.0 cm³/mol. The Morgan fingerprint density at radius 3 is 2.38 bits per heavy atom. The second-order valence-corrected chi connectivity index (χ2v) is 4.29. The van der Waals surface area contributed by atoms with Gasteiger partial charge in [0.2, 0.25) is 0 Å². The van der Waals surface area contributed by atoms with E-state index in [2.05, 4.69) is 5.10 Å². The van der Waals surface area contributed by atoms with Crippen molar-refractivity contribution in [3.8, 4) is 0 Å². The fourth-order valence-corrected chi connectivity index (χ4v) is 1.41. The number of urea groups is 1. The summed E-state index contributed by atoms with van der Waals surface area (Å²) in [6.07, 6.45) is -9.36. The summed E-state index contributed by atoms with van der Waals surface area (Å²) in [5, 5.41) is 6.92. The highest BCUT2D eigenvalue weighted by molar-refractivity contribution is 6.33. The van der Waals surface area contributed by atoms with Gasteiger partial charge in [0.05, 0.1) is 6.42 Å². The number of halogens is 7. The molecule has 5 nitrogen and oxygen atoms in total. The average Bonchev–Trinajstić information content (AvgIpc) is 2.53. The SMILES string of the molecule is O=C(NCCC(F)(F)F)Nc1nn(CC(F)(F)F)cc1Cl. The van der Waals surface area contributed by atoms with E-state index in [1.165, 1.54) is 0 Å². The molecule has 0 aliphatic carbocycles. The van der Waals surface area contributed by atoms with Crippen LogP contribution >= 0.6 is 11.6 Å². The molecule has 0 atom stereocenters. The normalized spacial score (nSPS) is 12.3. The number of carbonyl (C=O) groups excluding carboxylic acids is 1. The Hall–Kier alpha value is -1.65. The third-order valence-corrected chi connectivity index (χ3v) is 2.26. The van der Waals surface area contributed by atoms with E-state index in [1.54, 1.807) is 0 Å². The summed E-state index contributed by atoms with van der Waals surface area (Å²) >= 11 is 5.55. The Balaban J connectivity index is 2.53. The minimum Gasteiger partial charge on any atom is -0.337 e. The number of nitrogens with one attached hydrogen (secondary N) is 2. The van der Waals surface area contributed by atoms with Gasteiger partial charge in [0.25, 0.3) is 0 Å². The molecule has 0 bridgehead atoms. The van der Waals surface area contributed by atoms with Gasteiger partial charge in [-0.25, -0.2) is 4.79 Å². The van der Waals surface area contributed by atoms with E-state index in [0.717, 1.165) is 6.20 Å². The maximum atomic E-state index is 12.1. The quantitative estimate of drug-likeness (QED) is 0.828. The average molecular weight is 339 g/mol. The third-order valence-electron chi connectivity index (χ3n) is 1.98. The van der Waals surface area contributed by atoms with Crippen LogP contribution in [0.2, 0.25) is 5.02 Å². The maximum absolute atomic E-state index is 12.1. The summed E-state index contributed by atoms with van der Waals surface area (Å²) in [5.41, 5.74) is 0. The molecule has 1 rings (SSSR count). The molecule has 21 heavy (non-hydrogen) atoms. The van der Waals surface area contributed by atoms with E-state index < -0.39 is 37.9 Å². The van der Waals surface area contributed by atoms with Gasteiger partial charge in [-0.3, -0.25) is 10.00 Å². The van der Waals surface area contributed by atoms with Crippen LogP contribution in [0.5, 0.6) is 0 Å². The molecule has 0 saturated heterocycles. The lowest BCUT2D eigenvalue weighted by atomic mass is 10.4. The molecule has 120 valence electrons. The molecule has 1 aromatic heterocycles. The molecule has 0 saturated carbocycles. The number of hydrogen-bond acceptors (Lipinski definition) is 2. The highest BCUT2D eigenvalue weighted by Gasteiger charge is 2.29. The van der Waals surface area contributed by atoms with Gasteiger partial charge in [0.1, 0.15) is 11.6 Å². The molecule has 0 fully saturated rings. The van der Waals surface area contributed by atoms with Crippen molar-refractivity contribution in [2.45, 2.75) is 25.3 Å². The summed E-state index contributed by atoms with van der Waals surface area (Å²) < 4.78 is 72.3. The van der Waals surface area contributed by atoms with Crippen molar-refractivity contribution in [1.29, 1.82) is 0 Å². The molecule has 0 aliphatic rings. The standard InChI is InChI=1S/C9H9ClF6N4O/c10-5-3-20(4-9(14,15)16)19-6(5)18-7(21)17-2-1-8(11,12)13/h3H,1-2,4H2,(H2,17,18,19,21). The molecule has 0 aromatic carbocycles. The zero-order valence-electron chi connectivity index (χ0n) is 10.1. The number of anilines is 1. The van der Waals surface area contributed by atoms with E-state index in [4.69, 9.17) is 11.6 Å². The van der Waals surface area contributed by atoms with Crippen LogP contribution in [0.4, 0.5) is 37.0 Å². The Kier molecular flexibility index (Phi) is 5.31. The summed E-state index contributed by atoms with van der Waals surface area (Å²) in [4.78, 5) is 11.2. The van der Waals surface area contributed by atoms with Crippen molar-refractivity contribution in [3.63, 3.8) is 0 Å². The van der Waals surface area contributed by atoms with Crippen molar-refractivity contribution < 1.29 is 31.1 Å². The van der Waals surface area contributed by atoms with Crippen LogP contribution in [0.3, 0.4) is 0 Å². The zero-order valence-corrected chi connectivity index (χ0v) is 10.9. The van der Waals surface area contributed by atoms with Crippen LogP contribution in [-0.4, -0.2) is 34.7 Å². The molecule has 2 N–H and O–H groups in total. The number of amides is 2. The molecule has 12 heteroatoms. The van der Waals surface area contributed by atoms with Crippen LogP contribution in [0, 0.1) is 0 Å². The van der Waals surface area contributed by atoms with Crippen molar-refractivity contribution in [2.75, 3.05) is 11.9 Å². The molecule has 0 unspecified atom stereocenters. The third kappa shape index (κ3) is 7.06. The molecule has 0 radical (unpaired) electrons. The van der Waals surface area contributed by atoms with Gasteiger partial charge < -0.3 is 5.32 Å². The molecule has 0 aliphatic heterocycles. The van der Waals surface area contributed by atoms with Crippen LogP contribution in [-0.2, 0) is 6.54 Å². The lowest BCUT2D eigenvalue weighted by Gasteiger charge is -2.08. The largest absolute Gasteiger partial charge is 0.408 e. The van der Waals surface area contributed by atoms with E-state index >= 15 is 0 Å². The number of nitrogens with zero attached hydrogens (tertiary/aromatic N) is 2. The second kappa shape index (κ2) is 6.41. The lowest BCUT2D eigenvalue weighted by molar-refractivity contribution is -0.142. The van der Waals surface area contributed by atoms with E-state index in [1.807, 2.05) is 10.6 Å². The molecule has 2 amide bonds. The number of alkyl halides is 6. The van der Waals surface area contributed by atoms with Crippen LogP contribution in [0.1, 0.15) is 6.42 Å². The van der Waals surface area contributed by atoms with Crippen molar-refractivity contribution in [1.82, 2.24) is 15.1 Å². The summed E-state index contributed by atoms with van der Waals surface area (Å²) in [6, 6.07) is -1.06. The van der Waals surface area contributed by atoms with Gasteiger partial charge in [-0.2, -0.15) is 31.4 Å². The molecular weight excluding hydrogens is 330 g/mol. The summed E-state index contributed by atoms with van der Waals surface area (Å²) in [6.45, 7) is -2.10. The van der Waals surface area contributed by atoms with Crippen LogP contribution < -0.4 is 10.6 Å². The first-order valence-electron chi connectivity index (χ1n) is 5.37. The second-order valence-electron chi connectivity index (χ2n) is 3.88. The van der Waals surface area contributed by atoms with Gasteiger partial charge in [-0.05, 0) is 0 Å². The minimum atomic E-state index is -4.53. The van der Waals surface area contributed by atoms with Gasteiger partial charge >= 0.3 is 18.4 Å². The van der Waals surface area contributed by atoms with E-state index in [9.17, 15) is 31.1 Å². The highest BCUT2D eigenvalue weighted by atomic mass is 35.5. The maximum Gasteiger partial charge on any atom is 0.408 e. The zero-order chi connectivity index (χ0) is 16.3. The molecule has 1 aromatic rings. The Bertz CT molecular complexity index is 497. The monoisotopic (exact) mass is 338 g/mol. The lowest BCUT2D eigenvalue weighted by Crippen LogP contribution is -2.32. The van der Waals surface area contributed by atoms with E-state index in [-0.39, 0.29) is 10.8 Å². The Morgan fingerprint density at radius 2 is 1.86 bits per heavy atom. The predicted octanol–water partition coefficient (Wildman–Crippen LogP) is 3.17. The van der Waals surface area contributed by atoms with Crippen molar-refractivity contribution in [2.24, 2.45) is 0 Å². The Morgan fingerprint density at radius 1 is 1.24 bits per heavy atom. The van der Waals surface area contributed by atoms with Crippen LogP contribution in [0.25, 0.3) is 0 Å². The first-order chi connectivity index (χ1) is 9.46. The summed E-state index contributed by atoms with van der Waals surface area (Å²) in [7, 11) is 0. The van der Waals surface area contributed by atoms with Crippen molar-refractivity contribution in [3.05, 3.63) is 11.2 Å². The minimum absolute atomic E-state index is 0.273. The number of aromatic nitrogens is 2.